The fraction of sp³-hybridized carbons (Fsp3) is 1.00. The molecule has 0 aromatic heterocycles. The van der Waals surface area contributed by atoms with Crippen LogP contribution >= 0.6 is 0 Å². The van der Waals surface area contributed by atoms with Crippen LogP contribution in [0.15, 0.2) is 0 Å². The molecule has 0 aromatic carbocycles. The quantitative estimate of drug-likeness (QED) is 0.627. The van der Waals surface area contributed by atoms with Gasteiger partial charge in [0.05, 0.1) is 18.8 Å². The second kappa shape index (κ2) is 10.1. The molecule has 2 atom stereocenters. The predicted octanol–water partition coefficient (Wildman–Crippen LogP) is 2.59. The molecule has 0 saturated heterocycles. The highest BCUT2D eigenvalue weighted by molar-refractivity contribution is 4.66. The molecule has 1 N–H and O–H groups in total. The summed E-state index contributed by atoms with van der Waals surface area (Å²) in [6.45, 7) is 13.0. The summed E-state index contributed by atoms with van der Waals surface area (Å²) < 4.78 is 11.1. The van der Waals surface area contributed by atoms with Crippen LogP contribution in [0, 0.1) is 0 Å². The molecular weight excluding hydrogens is 202 g/mol. The Balaban J connectivity index is 3.59. The van der Waals surface area contributed by atoms with Crippen molar-refractivity contribution in [2.45, 2.75) is 65.7 Å². The number of ether oxygens (including phenoxy) is 2. The molecule has 0 saturated carbocycles. The summed E-state index contributed by atoms with van der Waals surface area (Å²) in [4.78, 5) is 0. The van der Waals surface area contributed by atoms with Gasteiger partial charge in [-0.3, -0.25) is 0 Å². The lowest BCUT2D eigenvalue weighted by molar-refractivity contribution is -0.0391. The summed E-state index contributed by atoms with van der Waals surface area (Å²) in [5.41, 5.74) is 0. The molecule has 98 valence electrons. The third-order valence-electron chi connectivity index (χ3n) is 2.70. The van der Waals surface area contributed by atoms with E-state index < -0.39 is 0 Å². The van der Waals surface area contributed by atoms with Gasteiger partial charge in [0.1, 0.15) is 0 Å². The van der Waals surface area contributed by atoms with Gasteiger partial charge in [-0.2, -0.15) is 0 Å². The fourth-order valence-corrected chi connectivity index (χ4v) is 1.68. The molecule has 0 spiro atoms. The van der Waals surface area contributed by atoms with Gasteiger partial charge in [-0.25, -0.2) is 0 Å². The summed E-state index contributed by atoms with van der Waals surface area (Å²) in [5.74, 6) is 0. The molecule has 0 bridgehead atoms. The van der Waals surface area contributed by atoms with Crippen molar-refractivity contribution in [2.24, 2.45) is 0 Å². The lowest BCUT2D eigenvalue weighted by Gasteiger charge is -2.22. The fourth-order valence-electron chi connectivity index (χ4n) is 1.68. The smallest absolute Gasteiger partial charge is 0.0784 e. The van der Waals surface area contributed by atoms with E-state index in [1.165, 1.54) is 12.8 Å². The highest BCUT2D eigenvalue weighted by atomic mass is 16.5. The summed E-state index contributed by atoms with van der Waals surface area (Å²) in [7, 11) is 0. The van der Waals surface area contributed by atoms with E-state index in [2.05, 4.69) is 33.0 Å². The Morgan fingerprint density at radius 3 is 2.12 bits per heavy atom. The lowest BCUT2D eigenvalue weighted by atomic mass is 10.1. The predicted molar refractivity (Wildman–Crippen MR) is 68.9 cm³/mol. The third kappa shape index (κ3) is 8.08. The van der Waals surface area contributed by atoms with E-state index in [-0.39, 0.29) is 12.2 Å². The maximum atomic E-state index is 5.80. The van der Waals surface area contributed by atoms with Gasteiger partial charge >= 0.3 is 0 Å². The van der Waals surface area contributed by atoms with E-state index in [0.717, 1.165) is 13.2 Å². The van der Waals surface area contributed by atoms with Gasteiger partial charge in [0.2, 0.25) is 0 Å². The minimum atomic E-state index is 0.179. The standard InChI is InChI=1S/C13H29NO2/c1-6-13(7-2)14-9-11(4)16-12(5)10-15-8-3/h11-14H,6-10H2,1-5H3. The number of nitrogens with one attached hydrogen (secondary N) is 1. The van der Waals surface area contributed by atoms with Gasteiger partial charge in [0.15, 0.2) is 0 Å². The van der Waals surface area contributed by atoms with E-state index >= 15 is 0 Å². The largest absolute Gasteiger partial charge is 0.379 e. The van der Waals surface area contributed by atoms with Crippen molar-refractivity contribution < 1.29 is 9.47 Å². The number of hydrogen-bond donors (Lipinski definition) is 1. The van der Waals surface area contributed by atoms with Gasteiger partial charge in [0, 0.05) is 19.2 Å². The van der Waals surface area contributed by atoms with Crippen molar-refractivity contribution >= 4 is 0 Å². The van der Waals surface area contributed by atoms with Crippen molar-refractivity contribution in [3.63, 3.8) is 0 Å². The van der Waals surface area contributed by atoms with E-state index in [0.29, 0.717) is 12.6 Å². The van der Waals surface area contributed by atoms with Crippen molar-refractivity contribution in [3.8, 4) is 0 Å². The molecule has 0 aliphatic heterocycles. The maximum Gasteiger partial charge on any atom is 0.0784 e. The molecular formula is C13H29NO2. The average Bonchev–Trinajstić information content (AvgIpc) is 2.27. The molecule has 0 fully saturated rings. The van der Waals surface area contributed by atoms with E-state index in [4.69, 9.17) is 9.47 Å². The number of rotatable bonds is 10. The Morgan fingerprint density at radius 2 is 1.62 bits per heavy atom. The molecule has 2 unspecified atom stereocenters. The van der Waals surface area contributed by atoms with Crippen molar-refractivity contribution in [2.75, 3.05) is 19.8 Å². The minimum Gasteiger partial charge on any atom is -0.379 e. The van der Waals surface area contributed by atoms with Crippen LogP contribution in [0.25, 0.3) is 0 Å². The third-order valence-corrected chi connectivity index (χ3v) is 2.70. The second-order valence-electron chi connectivity index (χ2n) is 4.34. The zero-order valence-electron chi connectivity index (χ0n) is 11.6. The Bertz CT molecular complexity index is 149. The number of hydrogen-bond acceptors (Lipinski definition) is 3. The summed E-state index contributed by atoms with van der Waals surface area (Å²) >= 11 is 0. The Labute approximate surface area is 101 Å². The maximum absolute atomic E-state index is 5.80. The molecule has 0 aromatic rings. The molecule has 3 nitrogen and oxygen atoms in total. The lowest BCUT2D eigenvalue weighted by Crippen LogP contribution is -2.36. The van der Waals surface area contributed by atoms with Crippen LogP contribution in [-0.2, 0) is 9.47 Å². The Morgan fingerprint density at radius 1 is 1.00 bits per heavy atom. The van der Waals surface area contributed by atoms with Crippen molar-refractivity contribution in [1.82, 2.24) is 5.32 Å². The zero-order chi connectivity index (χ0) is 12.4. The van der Waals surface area contributed by atoms with Crippen LogP contribution in [0.3, 0.4) is 0 Å². The molecule has 16 heavy (non-hydrogen) atoms. The molecule has 0 rings (SSSR count). The minimum absolute atomic E-state index is 0.179. The van der Waals surface area contributed by atoms with Crippen LogP contribution in [0.5, 0.6) is 0 Å². The molecule has 0 radical (unpaired) electrons. The molecule has 0 amide bonds. The second-order valence-corrected chi connectivity index (χ2v) is 4.34. The van der Waals surface area contributed by atoms with Gasteiger partial charge < -0.3 is 14.8 Å². The highest BCUT2D eigenvalue weighted by Gasteiger charge is 2.10. The average molecular weight is 231 g/mol. The SMILES string of the molecule is CCOCC(C)OC(C)CNC(CC)CC. The normalized spacial score (nSPS) is 15.4. The first-order chi connectivity index (χ1) is 7.63. The molecule has 3 heteroatoms. The summed E-state index contributed by atoms with van der Waals surface area (Å²) in [6, 6.07) is 0.619. The summed E-state index contributed by atoms with van der Waals surface area (Å²) in [6.07, 6.45) is 2.78. The van der Waals surface area contributed by atoms with Crippen LogP contribution in [0.1, 0.15) is 47.5 Å². The first-order valence-electron chi connectivity index (χ1n) is 6.60. The van der Waals surface area contributed by atoms with E-state index in [1.807, 2.05) is 6.92 Å². The van der Waals surface area contributed by atoms with Crippen LogP contribution in [0.4, 0.5) is 0 Å². The summed E-state index contributed by atoms with van der Waals surface area (Å²) in [5, 5.41) is 3.51. The van der Waals surface area contributed by atoms with Gasteiger partial charge in [-0.05, 0) is 33.6 Å². The van der Waals surface area contributed by atoms with Crippen molar-refractivity contribution in [3.05, 3.63) is 0 Å². The van der Waals surface area contributed by atoms with Crippen LogP contribution in [0.2, 0.25) is 0 Å². The molecule has 0 aliphatic rings. The van der Waals surface area contributed by atoms with E-state index in [1.54, 1.807) is 0 Å². The van der Waals surface area contributed by atoms with E-state index in [9.17, 15) is 0 Å². The Hall–Kier alpha value is -0.120. The molecule has 0 heterocycles. The topological polar surface area (TPSA) is 30.5 Å². The first kappa shape index (κ1) is 15.9. The molecule has 0 aliphatic carbocycles. The van der Waals surface area contributed by atoms with Crippen molar-refractivity contribution in [1.29, 1.82) is 0 Å². The zero-order valence-corrected chi connectivity index (χ0v) is 11.6. The van der Waals surface area contributed by atoms with Gasteiger partial charge in [-0.1, -0.05) is 13.8 Å². The van der Waals surface area contributed by atoms with Gasteiger partial charge in [0.25, 0.3) is 0 Å². The monoisotopic (exact) mass is 231 g/mol. The Kier molecular flexibility index (Phi) is 9.99. The highest BCUT2D eigenvalue weighted by Crippen LogP contribution is 2.01. The van der Waals surface area contributed by atoms with Crippen LogP contribution in [-0.4, -0.2) is 38.0 Å². The van der Waals surface area contributed by atoms with Gasteiger partial charge in [-0.15, -0.1) is 0 Å². The first-order valence-corrected chi connectivity index (χ1v) is 6.60. The van der Waals surface area contributed by atoms with Crippen LogP contribution < -0.4 is 5.32 Å².